The topological polar surface area (TPSA) is 107 Å². The zero-order valence-electron chi connectivity index (χ0n) is 25.7. The molecule has 0 saturated heterocycles. The maximum atomic E-state index is 15.8. The Bertz CT molecular complexity index is 1300. The predicted molar refractivity (Wildman–Crippen MR) is 161 cm³/mol. The van der Waals surface area contributed by atoms with Gasteiger partial charge in [-0.1, -0.05) is 22.9 Å². The van der Waals surface area contributed by atoms with Crippen LogP contribution in [0.5, 0.6) is 11.6 Å². The number of methoxy groups -OCH3 is 3. The van der Waals surface area contributed by atoms with Crippen LogP contribution in [0.1, 0.15) is 60.5 Å². The van der Waals surface area contributed by atoms with Crippen LogP contribution in [0.25, 0.3) is 0 Å². The Morgan fingerprint density at radius 3 is 2.29 bits per heavy atom. The van der Waals surface area contributed by atoms with E-state index in [0.717, 1.165) is 44.3 Å². The summed E-state index contributed by atoms with van der Waals surface area (Å²) in [6.45, 7) is 2.07. The second-order valence-electron chi connectivity index (χ2n) is 11.2. The number of nitrogens with zero attached hydrogens (tertiary/aromatic N) is 2. The zero-order valence-corrected chi connectivity index (χ0v) is 27.2. The van der Waals surface area contributed by atoms with Crippen molar-refractivity contribution in [3.8, 4) is 11.6 Å². The highest BCUT2D eigenvalue weighted by atomic mass is 79.9. The molecule has 1 atom stereocenters. The average Bonchev–Trinajstić information content (AvgIpc) is 3.01. The third kappa shape index (κ3) is 9.60. The number of aryl methyl sites for hydroxylation is 1. The molecule has 2 aromatic rings. The molecule has 45 heavy (non-hydrogen) atoms. The summed E-state index contributed by atoms with van der Waals surface area (Å²) >= 11 is 3.11. The van der Waals surface area contributed by atoms with Crippen LogP contribution >= 0.6 is 15.9 Å². The highest BCUT2D eigenvalue weighted by Crippen LogP contribution is 2.40. The largest absolute Gasteiger partial charge is 0.465 e. The lowest BCUT2D eigenvalue weighted by atomic mass is 9.82. The molecular weight excluding hydrogens is 668 g/mol. The second-order valence-corrected chi connectivity index (χ2v) is 11.8. The van der Waals surface area contributed by atoms with Gasteiger partial charge in [-0.15, -0.1) is 0 Å². The van der Waals surface area contributed by atoms with E-state index in [1.807, 2.05) is 0 Å². The van der Waals surface area contributed by atoms with E-state index in [4.69, 9.17) is 18.9 Å². The number of hydrogen-bond donors (Lipinski definition) is 1. The van der Waals surface area contributed by atoms with Crippen molar-refractivity contribution >= 4 is 33.5 Å². The Morgan fingerprint density at radius 1 is 1.09 bits per heavy atom. The van der Waals surface area contributed by atoms with Gasteiger partial charge < -0.3 is 29.0 Å². The molecule has 1 aromatic heterocycles. The normalized spacial score (nSPS) is 17.7. The molecule has 1 N–H and O–H groups in total. The number of aromatic nitrogens is 1. The highest BCUT2D eigenvalue weighted by molar-refractivity contribution is 9.09. The number of ether oxygens (including phenoxy) is 4. The summed E-state index contributed by atoms with van der Waals surface area (Å²) in [7, 11) is 3.93. The van der Waals surface area contributed by atoms with Crippen molar-refractivity contribution in [3.05, 3.63) is 46.9 Å². The number of anilines is 1. The van der Waals surface area contributed by atoms with Gasteiger partial charge in [-0.2, -0.15) is 13.2 Å². The maximum absolute atomic E-state index is 15.8. The van der Waals surface area contributed by atoms with E-state index < -0.39 is 53.2 Å². The van der Waals surface area contributed by atoms with E-state index in [0.29, 0.717) is 18.8 Å². The molecule has 1 unspecified atom stereocenters. The van der Waals surface area contributed by atoms with Crippen LogP contribution < -0.4 is 9.64 Å². The molecule has 1 aliphatic rings. The molecule has 1 heterocycles. The van der Waals surface area contributed by atoms with Crippen LogP contribution in [0.3, 0.4) is 0 Å². The van der Waals surface area contributed by atoms with Gasteiger partial charge in [-0.05, 0) is 56.1 Å². The highest BCUT2D eigenvalue weighted by Gasteiger charge is 2.38. The van der Waals surface area contributed by atoms with E-state index in [1.165, 1.54) is 19.1 Å². The molecule has 1 aliphatic carbocycles. The Hall–Kier alpha value is -2.81. The number of pyridine rings is 1. The molecule has 3 rings (SSSR count). The van der Waals surface area contributed by atoms with Gasteiger partial charge in [0, 0.05) is 43.8 Å². The van der Waals surface area contributed by atoms with Gasteiger partial charge in [0.2, 0.25) is 11.8 Å². The van der Waals surface area contributed by atoms with Crippen molar-refractivity contribution < 1.29 is 51.2 Å². The monoisotopic (exact) mass is 706 g/mol. The fraction of sp³-hybridized carbons (Fsp3) is 0.581. The van der Waals surface area contributed by atoms with Crippen LogP contribution in [-0.2, 0) is 31.6 Å². The fourth-order valence-electron chi connectivity index (χ4n) is 5.31. The summed E-state index contributed by atoms with van der Waals surface area (Å²) in [6, 6.07) is 1.82. The van der Waals surface area contributed by atoms with Crippen LogP contribution in [0.4, 0.5) is 23.2 Å². The van der Waals surface area contributed by atoms with Crippen LogP contribution in [0, 0.1) is 17.7 Å². The van der Waals surface area contributed by atoms with E-state index in [-0.39, 0.29) is 54.1 Å². The lowest BCUT2D eigenvalue weighted by Crippen LogP contribution is -2.49. The fourth-order valence-corrected chi connectivity index (χ4v) is 5.63. The number of benzene rings is 1. The first-order valence-electron chi connectivity index (χ1n) is 14.5. The van der Waals surface area contributed by atoms with E-state index in [2.05, 4.69) is 27.8 Å². The molecule has 250 valence electrons. The molecule has 0 aliphatic heterocycles. The lowest BCUT2D eigenvalue weighted by Gasteiger charge is -2.36. The first-order chi connectivity index (χ1) is 21.3. The van der Waals surface area contributed by atoms with Crippen molar-refractivity contribution in [2.75, 3.05) is 44.8 Å². The molecule has 1 aromatic carbocycles. The number of esters is 1. The molecule has 0 bridgehead atoms. The smallest absolute Gasteiger partial charge is 0.421 e. The third-order valence-electron chi connectivity index (χ3n) is 7.76. The maximum Gasteiger partial charge on any atom is 0.421 e. The van der Waals surface area contributed by atoms with Crippen molar-refractivity contribution in [1.82, 2.24) is 4.98 Å². The number of amides is 1. The third-order valence-corrected chi connectivity index (χ3v) is 8.51. The minimum atomic E-state index is -4.91. The Morgan fingerprint density at radius 2 is 1.73 bits per heavy atom. The average molecular weight is 708 g/mol. The molecule has 1 fully saturated rings. The van der Waals surface area contributed by atoms with Gasteiger partial charge in [0.15, 0.2) is 11.6 Å². The molecule has 14 heteroatoms. The molecule has 1 amide bonds. The van der Waals surface area contributed by atoms with Gasteiger partial charge in [0.05, 0.1) is 43.7 Å². The summed E-state index contributed by atoms with van der Waals surface area (Å²) < 4.78 is 78.8. The number of rotatable bonds is 14. The minimum Gasteiger partial charge on any atom is -0.465 e. The number of carbonyl (C=O) groups is 2. The second kappa shape index (κ2) is 16.7. The van der Waals surface area contributed by atoms with Crippen molar-refractivity contribution in [1.29, 1.82) is 0 Å². The first kappa shape index (κ1) is 36.7. The molecular formula is C31H39BrF4N2O7. The Balaban J connectivity index is 2.10. The van der Waals surface area contributed by atoms with Crippen LogP contribution in [0.2, 0.25) is 0 Å². The van der Waals surface area contributed by atoms with Gasteiger partial charge in [-0.3, -0.25) is 4.79 Å². The molecule has 1 saturated carbocycles. The predicted octanol–water partition coefficient (Wildman–Crippen LogP) is 6.33. The first-order valence-corrected chi connectivity index (χ1v) is 15.7. The summed E-state index contributed by atoms with van der Waals surface area (Å²) in [4.78, 5) is 32.1. The molecule has 9 nitrogen and oxygen atoms in total. The van der Waals surface area contributed by atoms with Crippen molar-refractivity contribution in [3.63, 3.8) is 0 Å². The number of aliphatic hydroxyl groups is 1. The number of hydrogen-bond acceptors (Lipinski definition) is 8. The number of halogens is 5. The lowest BCUT2D eigenvalue weighted by molar-refractivity contribution is -0.139. The quantitative estimate of drug-likeness (QED) is 0.138. The minimum absolute atomic E-state index is 0.0128. The number of carbonyl (C=O) groups excluding carboxylic acids is 2. The van der Waals surface area contributed by atoms with Crippen molar-refractivity contribution in [2.24, 2.45) is 11.8 Å². The van der Waals surface area contributed by atoms with Gasteiger partial charge in [-0.25, -0.2) is 14.2 Å². The van der Waals surface area contributed by atoms with E-state index >= 15 is 4.39 Å². The van der Waals surface area contributed by atoms with Gasteiger partial charge in [0.1, 0.15) is 5.56 Å². The van der Waals surface area contributed by atoms with Crippen LogP contribution in [0.15, 0.2) is 24.4 Å². The molecule has 0 radical (unpaired) electrons. The SMILES string of the molecule is COCC(COC)N(C(=O)C1CCC(C)CC1)c1cc(F)c(Oc2ncc(CCC(O)CBr)cc2C(F)(F)F)cc1C(=O)OC. The van der Waals surface area contributed by atoms with Crippen molar-refractivity contribution in [2.45, 2.75) is 63.8 Å². The number of aliphatic hydroxyl groups excluding tert-OH is 1. The molecule has 0 spiro atoms. The van der Waals surface area contributed by atoms with Gasteiger partial charge >= 0.3 is 12.1 Å². The Kier molecular flexibility index (Phi) is 13.6. The van der Waals surface area contributed by atoms with Gasteiger partial charge in [0.25, 0.3) is 0 Å². The van der Waals surface area contributed by atoms with E-state index in [1.54, 1.807) is 0 Å². The van der Waals surface area contributed by atoms with Crippen LogP contribution in [-0.4, -0.2) is 74.0 Å². The summed E-state index contributed by atoms with van der Waals surface area (Å²) in [6.07, 6.45) is -1.42. The Labute approximate surface area is 268 Å². The van der Waals surface area contributed by atoms with E-state index in [9.17, 15) is 27.9 Å². The standard InChI is InChI=1S/C31H39BrF4N2O7/c1-18-5-8-20(9-6-18)29(40)38(21(16-42-2)17-43-3)26-13-25(33)27(12-23(26)30(41)44-4)45-28-24(31(34,35)36)11-19(15-37-28)7-10-22(39)14-32/h11-13,15,18,20-22,39H,5-10,14,16-17H2,1-4H3. The summed E-state index contributed by atoms with van der Waals surface area (Å²) in [5.41, 5.74) is -1.54. The summed E-state index contributed by atoms with van der Waals surface area (Å²) in [5.74, 6) is -4.09. The number of alkyl halides is 4. The summed E-state index contributed by atoms with van der Waals surface area (Å²) in [5, 5.41) is 10.0. The zero-order chi connectivity index (χ0) is 33.3.